The van der Waals surface area contributed by atoms with Crippen molar-refractivity contribution in [3.05, 3.63) is 65.2 Å². The number of carbonyl (C=O) groups is 2. The van der Waals surface area contributed by atoms with E-state index in [0.717, 1.165) is 12.1 Å². The highest BCUT2D eigenvalue weighted by Gasteiger charge is 2.29. The van der Waals surface area contributed by atoms with Gasteiger partial charge in [-0.1, -0.05) is 57.2 Å². The summed E-state index contributed by atoms with van der Waals surface area (Å²) in [5.41, 5.74) is 4.37. The number of benzene rings is 2. The molecule has 5 nitrogen and oxygen atoms in total. The standard InChI is InChI=1S/C23H29N3O2/c1-4-16-9-11-19(12-10-16)25-23(28)21(15(2)3)26-22(27)20-13-17-7-5-6-8-18(17)14-24-20/h5-12,15,20-21,24H,4,13-14H2,1-3H3,(H,25,28)(H,26,27)/t20-,21-/m1/s1. The van der Waals surface area contributed by atoms with E-state index < -0.39 is 6.04 Å². The highest BCUT2D eigenvalue weighted by Crippen LogP contribution is 2.17. The van der Waals surface area contributed by atoms with E-state index in [1.165, 1.54) is 16.7 Å². The van der Waals surface area contributed by atoms with Gasteiger partial charge in [-0.05, 0) is 47.6 Å². The number of aryl methyl sites for hydroxylation is 1. The second-order valence-corrected chi connectivity index (χ2v) is 7.68. The molecule has 0 unspecified atom stereocenters. The quantitative estimate of drug-likeness (QED) is 0.722. The molecule has 2 aromatic carbocycles. The molecule has 0 aliphatic carbocycles. The third kappa shape index (κ3) is 4.78. The van der Waals surface area contributed by atoms with Crippen molar-refractivity contribution in [3.8, 4) is 0 Å². The van der Waals surface area contributed by atoms with Crippen molar-refractivity contribution in [3.63, 3.8) is 0 Å². The summed E-state index contributed by atoms with van der Waals surface area (Å²) in [6.07, 6.45) is 1.59. The number of carbonyl (C=O) groups excluding carboxylic acids is 2. The third-order valence-electron chi connectivity index (χ3n) is 5.27. The van der Waals surface area contributed by atoms with E-state index in [9.17, 15) is 9.59 Å². The summed E-state index contributed by atoms with van der Waals surface area (Å²) in [5, 5.41) is 9.15. The predicted molar refractivity (Wildman–Crippen MR) is 112 cm³/mol. The minimum atomic E-state index is -0.586. The van der Waals surface area contributed by atoms with Crippen LogP contribution in [0.3, 0.4) is 0 Å². The SMILES string of the molecule is CCc1ccc(NC(=O)[C@H](NC(=O)[C@H]2Cc3ccccc3CN2)C(C)C)cc1. The van der Waals surface area contributed by atoms with Crippen LogP contribution in [-0.2, 0) is 29.0 Å². The molecule has 28 heavy (non-hydrogen) atoms. The van der Waals surface area contributed by atoms with Crippen molar-refractivity contribution in [2.24, 2.45) is 5.92 Å². The van der Waals surface area contributed by atoms with Gasteiger partial charge in [-0.15, -0.1) is 0 Å². The molecule has 1 heterocycles. The Morgan fingerprint density at radius 1 is 1.07 bits per heavy atom. The molecule has 3 rings (SSSR count). The van der Waals surface area contributed by atoms with Gasteiger partial charge >= 0.3 is 0 Å². The minimum absolute atomic E-state index is 0.0188. The number of hydrogen-bond acceptors (Lipinski definition) is 3. The summed E-state index contributed by atoms with van der Waals surface area (Å²) in [7, 11) is 0. The third-order valence-corrected chi connectivity index (χ3v) is 5.27. The van der Waals surface area contributed by atoms with Crippen LogP contribution in [0.1, 0.15) is 37.5 Å². The Balaban J connectivity index is 1.63. The number of nitrogens with one attached hydrogen (secondary N) is 3. The zero-order chi connectivity index (χ0) is 20.1. The van der Waals surface area contributed by atoms with Gasteiger partial charge in [-0.25, -0.2) is 0 Å². The fourth-order valence-electron chi connectivity index (χ4n) is 3.47. The van der Waals surface area contributed by atoms with Gasteiger partial charge in [0.25, 0.3) is 0 Å². The van der Waals surface area contributed by atoms with Crippen molar-refractivity contribution in [1.82, 2.24) is 10.6 Å². The monoisotopic (exact) mass is 379 g/mol. The largest absolute Gasteiger partial charge is 0.343 e. The van der Waals surface area contributed by atoms with Gasteiger partial charge < -0.3 is 16.0 Å². The summed E-state index contributed by atoms with van der Waals surface area (Å²) in [6.45, 7) is 6.63. The molecule has 2 atom stereocenters. The van der Waals surface area contributed by atoms with Crippen LogP contribution in [0.15, 0.2) is 48.5 Å². The molecule has 148 valence electrons. The van der Waals surface area contributed by atoms with Crippen LogP contribution < -0.4 is 16.0 Å². The second-order valence-electron chi connectivity index (χ2n) is 7.68. The van der Waals surface area contributed by atoms with Gasteiger partial charge in [0, 0.05) is 12.2 Å². The Morgan fingerprint density at radius 3 is 2.39 bits per heavy atom. The minimum Gasteiger partial charge on any atom is -0.343 e. The van der Waals surface area contributed by atoms with Crippen molar-refractivity contribution in [2.75, 3.05) is 5.32 Å². The van der Waals surface area contributed by atoms with Crippen LogP contribution in [0.25, 0.3) is 0 Å². The highest BCUT2D eigenvalue weighted by molar-refractivity contribution is 5.98. The first-order valence-corrected chi connectivity index (χ1v) is 9.98. The Bertz CT molecular complexity index is 830. The molecule has 0 aromatic heterocycles. The van der Waals surface area contributed by atoms with Crippen LogP contribution in [0.4, 0.5) is 5.69 Å². The Morgan fingerprint density at radius 2 is 1.75 bits per heavy atom. The van der Waals surface area contributed by atoms with E-state index in [1.807, 2.05) is 50.2 Å². The van der Waals surface area contributed by atoms with Crippen molar-refractivity contribution < 1.29 is 9.59 Å². The molecular formula is C23H29N3O2. The molecule has 0 radical (unpaired) electrons. The summed E-state index contributed by atoms with van der Waals surface area (Å²) >= 11 is 0. The predicted octanol–water partition coefficient (Wildman–Crippen LogP) is 3.04. The van der Waals surface area contributed by atoms with Crippen LogP contribution in [0, 0.1) is 5.92 Å². The Kier molecular flexibility index (Phi) is 6.47. The Labute approximate surface area is 166 Å². The van der Waals surface area contributed by atoms with Crippen LogP contribution in [0.2, 0.25) is 0 Å². The molecule has 0 saturated carbocycles. The maximum Gasteiger partial charge on any atom is 0.247 e. The summed E-state index contributed by atoms with van der Waals surface area (Å²) < 4.78 is 0. The Hall–Kier alpha value is -2.66. The lowest BCUT2D eigenvalue weighted by Crippen LogP contribution is -2.54. The molecule has 3 N–H and O–H groups in total. The van der Waals surface area contributed by atoms with E-state index in [4.69, 9.17) is 0 Å². The van der Waals surface area contributed by atoms with Crippen LogP contribution in [0.5, 0.6) is 0 Å². The molecule has 1 aliphatic heterocycles. The fraction of sp³-hybridized carbons (Fsp3) is 0.391. The number of fused-ring (bicyclic) bond motifs is 1. The smallest absolute Gasteiger partial charge is 0.247 e. The molecule has 1 aliphatic rings. The van der Waals surface area contributed by atoms with Crippen molar-refractivity contribution in [1.29, 1.82) is 0 Å². The molecule has 0 spiro atoms. The molecule has 2 amide bonds. The average molecular weight is 380 g/mol. The first-order valence-electron chi connectivity index (χ1n) is 9.98. The summed E-state index contributed by atoms with van der Waals surface area (Å²) in [6, 6.07) is 15.0. The highest BCUT2D eigenvalue weighted by atomic mass is 16.2. The lowest BCUT2D eigenvalue weighted by atomic mass is 9.94. The lowest BCUT2D eigenvalue weighted by molar-refractivity contribution is -0.128. The zero-order valence-electron chi connectivity index (χ0n) is 16.8. The van der Waals surface area contributed by atoms with Gasteiger partial charge in [0.2, 0.25) is 11.8 Å². The normalized spacial score (nSPS) is 16.9. The molecule has 0 fully saturated rings. The van der Waals surface area contributed by atoms with E-state index in [-0.39, 0.29) is 23.8 Å². The van der Waals surface area contributed by atoms with Crippen LogP contribution >= 0.6 is 0 Å². The van der Waals surface area contributed by atoms with Crippen molar-refractivity contribution in [2.45, 2.75) is 52.2 Å². The number of hydrogen-bond donors (Lipinski definition) is 3. The van der Waals surface area contributed by atoms with E-state index in [0.29, 0.717) is 13.0 Å². The maximum absolute atomic E-state index is 12.8. The molecule has 2 aromatic rings. The van der Waals surface area contributed by atoms with Gasteiger partial charge in [0.15, 0.2) is 0 Å². The van der Waals surface area contributed by atoms with Gasteiger partial charge in [0.05, 0.1) is 6.04 Å². The second kappa shape index (κ2) is 9.02. The van der Waals surface area contributed by atoms with Gasteiger partial charge in [0.1, 0.15) is 6.04 Å². The fourth-order valence-corrected chi connectivity index (χ4v) is 3.47. The molecule has 0 bridgehead atoms. The molecule has 0 saturated heterocycles. The van der Waals surface area contributed by atoms with Gasteiger partial charge in [-0.2, -0.15) is 0 Å². The average Bonchev–Trinajstić information content (AvgIpc) is 2.71. The lowest BCUT2D eigenvalue weighted by Gasteiger charge is -2.28. The number of rotatable bonds is 6. The number of amides is 2. The van der Waals surface area contributed by atoms with E-state index in [1.54, 1.807) is 0 Å². The van der Waals surface area contributed by atoms with Crippen LogP contribution in [-0.4, -0.2) is 23.9 Å². The zero-order valence-corrected chi connectivity index (χ0v) is 16.8. The van der Waals surface area contributed by atoms with Gasteiger partial charge in [-0.3, -0.25) is 9.59 Å². The van der Waals surface area contributed by atoms with E-state index >= 15 is 0 Å². The summed E-state index contributed by atoms with van der Waals surface area (Å²) in [4.78, 5) is 25.6. The molecule has 5 heteroatoms. The maximum atomic E-state index is 12.8. The molecular weight excluding hydrogens is 350 g/mol. The topological polar surface area (TPSA) is 70.2 Å². The van der Waals surface area contributed by atoms with E-state index in [2.05, 4.69) is 35.0 Å². The first-order chi connectivity index (χ1) is 13.5. The van der Waals surface area contributed by atoms with Crippen molar-refractivity contribution >= 4 is 17.5 Å². The first kappa shape index (κ1) is 20.1. The number of anilines is 1. The summed E-state index contributed by atoms with van der Waals surface area (Å²) in [5.74, 6) is -0.344.